The van der Waals surface area contributed by atoms with Gasteiger partial charge in [0.25, 0.3) is 0 Å². The summed E-state index contributed by atoms with van der Waals surface area (Å²) in [4.78, 5) is 48.2. The summed E-state index contributed by atoms with van der Waals surface area (Å²) in [6.45, 7) is 9.90. The molecule has 3 aliphatic rings. The van der Waals surface area contributed by atoms with E-state index >= 15 is 0 Å². The van der Waals surface area contributed by atoms with Crippen LogP contribution in [0.1, 0.15) is 92.4 Å². The molecule has 3 aliphatic heterocycles. The normalized spacial score (nSPS) is 27.0. The first-order chi connectivity index (χ1) is 26.5. The lowest BCUT2D eigenvalue weighted by molar-refractivity contribution is -0.143. The van der Waals surface area contributed by atoms with Gasteiger partial charge in [0, 0.05) is 38.8 Å². The summed E-state index contributed by atoms with van der Waals surface area (Å²) in [5.74, 6) is -14.7. The zero-order valence-electron chi connectivity index (χ0n) is 32.3. The number of carbonyl (C=O) groups is 4. The Balaban J connectivity index is 1.14. The van der Waals surface area contributed by atoms with Gasteiger partial charge in [-0.05, 0) is 58.4 Å². The van der Waals surface area contributed by atoms with Crippen LogP contribution in [0.2, 0.25) is 0 Å². The number of hydrogen-bond acceptors (Lipinski definition) is 9. The Labute approximate surface area is 323 Å². The molecular formula is C40H51F5N2O9. The highest BCUT2D eigenvalue weighted by atomic mass is 19.2. The number of unbranched alkanes of at least 4 members (excludes halogenated alkanes) is 2. The molecule has 3 fully saturated rings. The van der Waals surface area contributed by atoms with Gasteiger partial charge in [0.1, 0.15) is 6.10 Å². The lowest BCUT2D eigenvalue weighted by Gasteiger charge is -2.39. The Kier molecular flexibility index (Phi) is 16.2. The second kappa shape index (κ2) is 20.3. The number of ether oxygens (including phenoxy) is 5. The van der Waals surface area contributed by atoms with Crippen LogP contribution in [0, 0.1) is 35.0 Å². The van der Waals surface area contributed by atoms with Crippen LogP contribution >= 0.6 is 0 Å². The van der Waals surface area contributed by atoms with Crippen molar-refractivity contribution in [3.8, 4) is 5.75 Å². The lowest BCUT2D eigenvalue weighted by atomic mass is 9.88. The van der Waals surface area contributed by atoms with Gasteiger partial charge in [0.2, 0.25) is 46.6 Å². The molecule has 8 atom stereocenters. The maximum absolute atomic E-state index is 13.7. The quantitative estimate of drug-likeness (QED) is 0.0212. The minimum absolute atomic E-state index is 0.0292. The van der Waals surface area contributed by atoms with E-state index in [0.29, 0.717) is 45.3 Å². The van der Waals surface area contributed by atoms with Gasteiger partial charge in [-0.25, -0.2) is 13.2 Å². The topological polar surface area (TPSA) is 142 Å². The average Bonchev–Trinajstić information content (AvgIpc) is 3.88. The summed E-state index contributed by atoms with van der Waals surface area (Å²) in [7, 11) is 0. The van der Waals surface area contributed by atoms with Gasteiger partial charge >= 0.3 is 11.9 Å². The first-order valence-corrected chi connectivity index (χ1v) is 18.9. The first kappa shape index (κ1) is 44.6. The second-order valence-electron chi connectivity index (χ2n) is 14.8. The zero-order chi connectivity index (χ0) is 41.2. The van der Waals surface area contributed by atoms with Gasteiger partial charge in [-0.15, -0.1) is 0 Å². The number of rotatable bonds is 17. The molecule has 0 bridgehead atoms. The minimum Gasteiger partial charge on any atom is -0.459 e. The van der Waals surface area contributed by atoms with E-state index in [1.54, 1.807) is 6.92 Å². The fraction of sp³-hybridized carbons (Fsp3) is 0.600. The number of allylic oxidation sites excluding steroid dienone is 2. The summed E-state index contributed by atoms with van der Waals surface area (Å²) in [5, 5.41) is 5.80. The number of hydrogen-bond donors (Lipinski definition) is 2. The Morgan fingerprint density at radius 3 is 2.27 bits per heavy atom. The zero-order valence-corrected chi connectivity index (χ0v) is 32.3. The predicted molar refractivity (Wildman–Crippen MR) is 192 cm³/mol. The lowest BCUT2D eigenvalue weighted by Crippen LogP contribution is -2.50. The van der Waals surface area contributed by atoms with Crippen LogP contribution in [0.25, 0.3) is 0 Å². The highest BCUT2D eigenvalue weighted by molar-refractivity contribution is 5.87. The molecule has 2 N–H and O–H groups in total. The standard InChI is InChI=1S/C40H51F5N2O9/c1-22(11-14-30-23(2)17-29(25(4)54-30)47-31(49)15-12-24(3)53-26(5)48)10-13-27-19-40(21-52-40)20-28(55-27)18-32(50)46-16-8-6-7-9-33(51)56-39-37(44)35(42)34(41)36(43)38(39)45/h10-13,15,23-25,27-30H,6-9,14,16-21H2,1-5H3,(H,46,50)(H,47,49)/b13-10+,15-12-,22-11+/t23-,24?,25+,27+,28+,29+,30-,40+/m0/s1. The number of carbonyl (C=O) groups excluding carboxylic acids is 4. The van der Waals surface area contributed by atoms with Crippen molar-refractivity contribution in [1.82, 2.24) is 10.6 Å². The molecule has 3 saturated heterocycles. The number of epoxide rings is 1. The van der Waals surface area contributed by atoms with Crippen LogP contribution in [0.3, 0.4) is 0 Å². The molecule has 16 heteroatoms. The molecule has 310 valence electrons. The highest BCUT2D eigenvalue weighted by Crippen LogP contribution is 2.43. The molecule has 0 aliphatic carbocycles. The van der Waals surface area contributed by atoms with Crippen molar-refractivity contribution in [2.75, 3.05) is 13.2 Å². The number of nitrogens with one attached hydrogen (secondary N) is 2. The van der Waals surface area contributed by atoms with Crippen LogP contribution in [0.4, 0.5) is 22.0 Å². The van der Waals surface area contributed by atoms with Crippen LogP contribution < -0.4 is 15.4 Å². The van der Waals surface area contributed by atoms with Crippen molar-refractivity contribution in [3.63, 3.8) is 0 Å². The number of esters is 2. The fourth-order valence-electron chi connectivity index (χ4n) is 6.79. The van der Waals surface area contributed by atoms with Gasteiger partial charge in [-0.1, -0.05) is 37.1 Å². The summed E-state index contributed by atoms with van der Waals surface area (Å²) in [6.07, 6.45) is 11.2. The molecule has 11 nitrogen and oxygen atoms in total. The summed E-state index contributed by atoms with van der Waals surface area (Å²) in [5.41, 5.74) is 0.710. The van der Waals surface area contributed by atoms with E-state index < -0.39 is 52.9 Å². The molecular weight excluding hydrogens is 747 g/mol. The van der Waals surface area contributed by atoms with E-state index in [-0.39, 0.29) is 73.1 Å². The smallest absolute Gasteiger partial charge is 0.311 e. The third kappa shape index (κ3) is 13.2. The predicted octanol–water partition coefficient (Wildman–Crippen LogP) is 6.37. The summed E-state index contributed by atoms with van der Waals surface area (Å²) in [6, 6.07) is -0.158. The van der Waals surface area contributed by atoms with Crippen LogP contribution in [-0.4, -0.2) is 79.1 Å². The second-order valence-corrected chi connectivity index (χ2v) is 14.8. The molecule has 1 aromatic carbocycles. The van der Waals surface area contributed by atoms with E-state index in [4.69, 9.17) is 18.9 Å². The van der Waals surface area contributed by atoms with Crippen molar-refractivity contribution >= 4 is 23.8 Å². The average molecular weight is 799 g/mol. The number of halogens is 5. The molecule has 3 heterocycles. The van der Waals surface area contributed by atoms with E-state index in [9.17, 15) is 41.1 Å². The van der Waals surface area contributed by atoms with Gasteiger partial charge in [-0.3, -0.25) is 19.2 Å². The van der Waals surface area contributed by atoms with E-state index in [2.05, 4.69) is 28.4 Å². The third-order valence-corrected chi connectivity index (χ3v) is 9.93. The molecule has 0 aromatic heterocycles. The van der Waals surface area contributed by atoms with Crippen LogP contribution in [-0.2, 0) is 38.1 Å². The van der Waals surface area contributed by atoms with Crippen LogP contribution in [0.15, 0.2) is 36.0 Å². The molecule has 1 spiro atoms. The van der Waals surface area contributed by atoms with E-state index in [0.717, 1.165) is 12.0 Å². The monoisotopic (exact) mass is 798 g/mol. The molecule has 1 unspecified atom stereocenters. The third-order valence-electron chi connectivity index (χ3n) is 9.93. The Morgan fingerprint density at radius 1 is 0.929 bits per heavy atom. The van der Waals surface area contributed by atoms with Crippen molar-refractivity contribution in [2.45, 2.75) is 135 Å². The van der Waals surface area contributed by atoms with Crippen molar-refractivity contribution < 1.29 is 64.8 Å². The number of amides is 2. The molecule has 4 rings (SSSR count). The maximum Gasteiger partial charge on any atom is 0.311 e. The number of benzene rings is 1. The van der Waals surface area contributed by atoms with Gasteiger partial charge in [0.05, 0.1) is 49.1 Å². The SMILES string of the molecule is CC(=O)OC(C)/C=C\C(=O)N[C@@H]1C[C@H](C)[C@H](C/C=C(C)/C=C/[C@@H]2C[C@]3(CO3)C[C@@H](CC(=O)NCCCCCC(=O)Oc3c(F)c(F)c(F)c(F)c3F)O2)O[C@@H]1C. The molecule has 0 radical (unpaired) electrons. The molecule has 1 aromatic rings. The van der Waals surface area contributed by atoms with Gasteiger partial charge in [0.15, 0.2) is 0 Å². The van der Waals surface area contributed by atoms with Crippen LogP contribution in [0.5, 0.6) is 5.75 Å². The van der Waals surface area contributed by atoms with E-state index in [1.165, 1.54) is 19.1 Å². The first-order valence-electron chi connectivity index (χ1n) is 18.9. The fourth-order valence-corrected chi connectivity index (χ4v) is 6.79. The van der Waals surface area contributed by atoms with Gasteiger partial charge < -0.3 is 34.3 Å². The Bertz CT molecular complexity index is 1650. The van der Waals surface area contributed by atoms with Crippen molar-refractivity contribution in [2.24, 2.45) is 5.92 Å². The molecule has 0 saturated carbocycles. The summed E-state index contributed by atoms with van der Waals surface area (Å²) >= 11 is 0. The largest absolute Gasteiger partial charge is 0.459 e. The molecule has 56 heavy (non-hydrogen) atoms. The summed E-state index contributed by atoms with van der Waals surface area (Å²) < 4.78 is 95.0. The maximum atomic E-state index is 13.7. The van der Waals surface area contributed by atoms with Gasteiger partial charge in [-0.2, -0.15) is 8.78 Å². The highest BCUT2D eigenvalue weighted by Gasteiger charge is 2.51. The Morgan fingerprint density at radius 2 is 1.61 bits per heavy atom. The van der Waals surface area contributed by atoms with Crippen molar-refractivity contribution in [1.29, 1.82) is 0 Å². The molecule has 2 amide bonds. The van der Waals surface area contributed by atoms with Crippen molar-refractivity contribution in [3.05, 3.63) is 65.0 Å². The van der Waals surface area contributed by atoms with E-state index in [1.807, 2.05) is 26.0 Å². The minimum atomic E-state index is -2.35. The Hall–Kier alpha value is -4.15.